The minimum Gasteiger partial charge on any atom is -0.387 e. The standard InChI is InChI=1S/C16H20N6O3/c1-9(2)15-19-11-4-3-10(7-12(11)20-15)18-16(24)17-6-5-13-21-14(8-23)25-22-13/h3-4,7,9,23H,5-6,8H2,1-2H3,(H,19,20)(H2,17,18,24). The Labute approximate surface area is 143 Å². The van der Waals surface area contributed by atoms with E-state index in [2.05, 4.69) is 44.6 Å². The van der Waals surface area contributed by atoms with Crippen LogP contribution in [0.25, 0.3) is 11.0 Å². The zero-order valence-electron chi connectivity index (χ0n) is 14.0. The Morgan fingerprint density at radius 1 is 1.36 bits per heavy atom. The first-order valence-electron chi connectivity index (χ1n) is 8.02. The molecule has 2 amide bonds. The van der Waals surface area contributed by atoms with Crippen LogP contribution >= 0.6 is 0 Å². The van der Waals surface area contributed by atoms with Gasteiger partial charge in [-0.25, -0.2) is 9.78 Å². The zero-order chi connectivity index (χ0) is 17.8. The lowest BCUT2D eigenvalue weighted by molar-refractivity contribution is 0.222. The van der Waals surface area contributed by atoms with Crippen LogP contribution in [0.4, 0.5) is 10.5 Å². The Balaban J connectivity index is 1.54. The van der Waals surface area contributed by atoms with Gasteiger partial charge in [0, 0.05) is 24.6 Å². The molecular formula is C16H20N6O3. The van der Waals surface area contributed by atoms with Gasteiger partial charge in [-0.15, -0.1) is 0 Å². The van der Waals surface area contributed by atoms with Crippen molar-refractivity contribution in [3.05, 3.63) is 35.7 Å². The maximum Gasteiger partial charge on any atom is 0.319 e. The number of imidazole rings is 1. The first kappa shape index (κ1) is 16.9. The van der Waals surface area contributed by atoms with Crippen LogP contribution in [0.3, 0.4) is 0 Å². The smallest absolute Gasteiger partial charge is 0.319 e. The van der Waals surface area contributed by atoms with Gasteiger partial charge in [-0.1, -0.05) is 19.0 Å². The molecular weight excluding hydrogens is 324 g/mol. The van der Waals surface area contributed by atoms with Crippen LogP contribution in [-0.4, -0.2) is 37.8 Å². The van der Waals surface area contributed by atoms with Crippen molar-refractivity contribution < 1.29 is 14.4 Å². The minimum atomic E-state index is -0.325. The molecule has 1 aromatic carbocycles. The molecule has 3 aromatic rings. The molecule has 0 atom stereocenters. The van der Waals surface area contributed by atoms with Crippen molar-refractivity contribution in [1.82, 2.24) is 25.4 Å². The zero-order valence-corrected chi connectivity index (χ0v) is 14.0. The molecule has 0 radical (unpaired) electrons. The molecule has 2 aromatic heterocycles. The number of amides is 2. The number of carbonyl (C=O) groups is 1. The number of hydrogen-bond donors (Lipinski definition) is 4. The van der Waals surface area contributed by atoms with E-state index >= 15 is 0 Å². The van der Waals surface area contributed by atoms with Crippen LogP contribution in [-0.2, 0) is 13.0 Å². The molecule has 0 aliphatic carbocycles. The molecule has 9 heteroatoms. The number of benzene rings is 1. The summed E-state index contributed by atoms with van der Waals surface area (Å²) in [5, 5.41) is 18.0. The summed E-state index contributed by atoms with van der Waals surface area (Å²) in [7, 11) is 0. The van der Waals surface area contributed by atoms with Crippen molar-refractivity contribution in [2.45, 2.75) is 32.8 Å². The number of fused-ring (bicyclic) bond motifs is 1. The monoisotopic (exact) mass is 344 g/mol. The van der Waals surface area contributed by atoms with Crippen LogP contribution in [0.1, 0.15) is 37.3 Å². The van der Waals surface area contributed by atoms with E-state index in [-0.39, 0.29) is 18.5 Å². The maximum atomic E-state index is 12.0. The summed E-state index contributed by atoms with van der Waals surface area (Å²) in [5.41, 5.74) is 2.42. The summed E-state index contributed by atoms with van der Waals surface area (Å²) in [6.07, 6.45) is 0.411. The third-order valence-corrected chi connectivity index (χ3v) is 3.58. The molecule has 3 rings (SSSR count). The van der Waals surface area contributed by atoms with Crippen molar-refractivity contribution >= 4 is 22.8 Å². The van der Waals surface area contributed by atoms with Crippen LogP contribution < -0.4 is 10.6 Å². The lowest BCUT2D eigenvalue weighted by atomic mass is 10.2. The summed E-state index contributed by atoms with van der Waals surface area (Å²) in [5.74, 6) is 1.82. The van der Waals surface area contributed by atoms with E-state index in [1.165, 1.54) is 0 Å². The van der Waals surface area contributed by atoms with Gasteiger partial charge in [-0.05, 0) is 18.2 Å². The molecule has 0 saturated carbocycles. The number of H-pyrrole nitrogens is 1. The molecule has 25 heavy (non-hydrogen) atoms. The molecule has 132 valence electrons. The van der Waals surface area contributed by atoms with E-state index in [4.69, 9.17) is 9.63 Å². The third-order valence-electron chi connectivity index (χ3n) is 3.58. The highest BCUT2D eigenvalue weighted by Gasteiger charge is 2.09. The fourth-order valence-corrected chi connectivity index (χ4v) is 2.30. The summed E-state index contributed by atoms with van der Waals surface area (Å²) in [6.45, 7) is 4.19. The Bertz CT molecular complexity index is 870. The molecule has 0 aliphatic rings. The van der Waals surface area contributed by atoms with E-state index < -0.39 is 0 Å². The molecule has 0 saturated heterocycles. The van der Waals surface area contributed by atoms with Crippen LogP contribution in [0.15, 0.2) is 22.7 Å². The Hall–Kier alpha value is -2.94. The van der Waals surface area contributed by atoms with Gasteiger partial charge in [-0.3, -0.25) is 0 Å². The Morgan fingerprint density at radius 3 is 2.92 bits per heavy atom. The fourth-order valence-electron chi connectivity index (χ4n) is 2.30. The normalized spacial score (nSPS) is 11.2. The van der Waals surface area contributed by atoms with Crippen molar-refractivity contribution in [3.8, 4) is 0 Å². The minimum absolute atomic E-state index is 0.160. The topological polar surface area (TPSA) is 129 Å². The molecule has 0 unspecified atom stereocenters. The van der Waals surface area contributed by atoms with E-state index in [9.17, 15) is 4.79 Å². The number of aromatic nitrogens is 4. The second kappa shape index (κ2) is 7.31. The van der Waals surface area contributed by atoms with Crippen molar-refractivity contribution in [2.75, 3.05) is 11.9 Å². The highest BCUT2D eigenvalue weighted by molar-refractivity contribution is 5.91. The molecule has 0 spiro atoms. The van der Waals surface area contributed by atoms with Crippen LogP contribution in [0.5, 0.6) is 0 Å². The number of nitrogens with zero attached hydrogens (tertiary/aromatic N) is 3. The lowest BCUT2D eigenvalue weighted by Gasteiger charge is -2.06. The van der Waals surface area contributed by atoms with Crippen molar-refractivity contribution in [2.24, 2.45) is 0 Å². The van der Waals surface area contributed by atoms with E-state index in [0.29, 0.717) is 30.4 Å². The SMILES string of the molecule is CC(C)c1nc2ccc(NC(=O)NCCc3noc(CO)n3)cc2[nH]1. The number of nitrogens with one attached hydrogen (secondary N) is 3. The number of anilines is 1. The summed E-state index contributed by atoms with van der Waals surface area (Å²) in [4.78, 5) is 23.7. The highest BCUT2D eigenvalue weighted by atomic mass is 16.5. The van der Waals surface area contributed by atoms with Gasteiger partial charge < -0.3 is 25.2 Å². The molecule has 4 N–H and O–H groups in total. The summed E-state index contributed by atoms with van der Waals surface area (Å²) in [6, 6.07) is 5.19. The number of rotatable bonds is 6. The summed E-state index contributed by atoms with van der Waals surface area (Å²) >= 11 is 0. The Morgan fingerprint density at radius 2 is 2.20 bits per heavy atom. The largest absolute Gasteiger partial charge is 0.387 e. The quantitative estimate of drug-likeness (QED) is 0.541. The predicted molar refractivity (Wildman–Crippen MR) is 91.1 cm³/mol. The van der Waals surface area contributed by atoms with Gasteiger partial charge in [0.25, 0.3) is 5.89 Å². The second-order valence-electron chi connectivity index (χ2n) is 5.90. The number of aliphatic hydroxyl groups is 1. The van der Waals surface area contributed by atoms with Crippen LogP contribution in [0.2, 0.25) is 0 Å². The first-order valence-corrected chi connectivity index (χ1v) is 8.02. The van der Waals surface area contributed by atoms with Crippen molar-refractivity contribution in [1.29, 1.82) is 0 Å². The number of aliphatic hydroxyl groups excluding tert-OH is 1. The second-order valence-corrected chi connectivity index (χ2v) is 5.90. The molecule has 0 fully saturated rings. The van der Waals surface area contributed by atoms with E-state index in [1.807, 2.05) is 12.1 Å². The first-order chi connectivity index (χ1) is 12.0. The van der Waals surface area contributed by atoms with Crippen LogP contribution in [0, 0.1) is 0 Å². The van der Waals surface area contributed by atoms with Gasteiger partial charge >= 0.3 is 6.03 Å². The van der Waals surface area contributed by atoms with E-state index in [0.717, 1.165) is 16.9 Å². The van der Waals surface area contributed by atoms with Gasteiger partial charge in [0.1, 0.15) is 12.4 Å². The average Bonchev–Trinajstić information content (AvgIpc) is 3.20. The van der Waals surface area contributed by atoms with Gasteiger partial charge in [0.15, 0.2) is 5.82 Å². The van der Waals surface area contributed by atoms with Gasteiger partial charge in [0.05, 0.1) is 11.0 Å². The number of aromatic amines is 1. The molecule has 9 nitrogen and oxygen atoms in total. The lowest BCUT2D eigenvalue weighted by Crippen LogP contribution is -2.30. The third kappa shape index (κ3) is 4.13. The predicted octanol–water partition coefficient (Wildman–Crippen LogP) is 1.93. The summed E-state index contributed by atoms with van der Waals surface area (Å²) < 4.78 is 4.78. The molecule has 0 bridgehead atoms. The maximum absolute atomic E-state index is 12.0. The number of hydrogen-bond acceptors (Lipinski definition) is 6. The van der Waals surface area contributed by atoms with Gasteiger partial charge in [-0.2, -0.15) is 4.98 Å². The molecule has 0 aliphatic heterocycles. The highest BCUT2D eigenvalue weighted by Crippen LogP contribution is 2.20. The Kier molecular flexibility index (Phi) is 4.94. The fraction of sp³-hybridized carbons (Fsp3) is 0.375. The van der Waals surface area contributed by atoms with Gasteiger partial charge in [0.2, 0.25) is 0 Å². The number of urea groups is 1. The number of carbonyl (C=O) groups excluding carboxylic acids is 1. The van der Waals surface area contributed by atoms with Crippen molar-refractivity contribution in [3.63, 3.8) is 0 Å². The molecule has 2 heterocycles. The average molecular weight is 344 g/mol. The van der Waals surface area contributed by atoms with E-state index in [1.54, 1.807) is 6.07 Å².